The molecule has 1 aliphatic heterocycles. The Morgan fingerprint density at radius 1 is 0.906 bits per heavy atom. The molecule has 3 aromatic rings. The monoisotopic (exact) mass is 448 g/mol. The Balaban J connectivity index is 1.73. The van der Waals surface area contributed by atoms with Gasteiger partial charge in [-0.1, -0.05) is 0 Å². The Morgan fingerprint density at radius 3 is 2.34 bits per heavy atom. The van der Waals surface area contributed by atoms with Gasteiger partial charge in [-0.15, -0.1) is 0 Å². The summed E-state index contributed by atoms with van der Waals surface area (Å²) in [5.74, 6) is -1.70. The van der Waals surface area contributed by atoms with Crippen molar-refractivity contribution in [2.75, 3.05) is 6.61 Å². The molecule has 2 aromatic carbocycles. The molecule has 0 radical (unpaired) electrons. The quantitative estimate of drug-likeness (QED) is 0.261. The highest BCUT2D eigenvalue weighted by Crippen LogP contribution is 2.38. The topological polar surface area (TPSA) is 190 Å². The zero-order valence-electron chi connectivity index (χ0n) is 16.3. The van der Waals surface area contributed by atoms with Crippen molar-refractivity contribution in [1.29, 1.82) is 0 Å². The van der Waals surface area contributed by atoms with E-state index >= 15 is 0 Å². The summed E-state index contributed by atoms with van der Waals surface area (Å²) in [6.07, 6.45) is -7.74. The van der Waals surface area contributed by atoms with Crippen molar-refractivity contribution in [2.45, 2.75) is 30.7 Å². The molecule has 4 rings (SSSR count). The first-order valence-corrected chi connectivity index (χ1v) is 9.50. The van der Waals surface area contributed by atoms with Gasteiger partial charge in [-0.3, -0.25) is 4.79 Å². The van der Waals surface area contributed by atoms with Gasteiger partial charge in [0, 0.05) is 11.6 Å². The largest absolute Gasteiger partial charge is 0.504 e. The lowest BCUT2D eigenvalue weighted by Gasteiger charge is -2.39. The molecule has 1 aromatic heterocycles. The molecule has 170 valence electrons. The molecular weight excluding hydrogens is 428 g/mol. The molecule has 0 saturated carbocycles. The van der Waals surface area contributed by atoms with Crippen molar-refractivity contribution >= 4 is 11.0 Å². The first-order valence-electron chi connectivity index (χ1n) is 9.50. The lowest BCUT2D eigenvalue weighted by molar-refractivity contribution is -0.277. The molecule has 0 amide bonds. The predicted molar refractivity (Wildman–Crippen MR) is 107 cm³/mol. The zero-order valence-corrected chi connectivity index (χ0v) is 16.3. The smallest absolute Gasteiger partial charge is 0.229 e. The van der Waals surface area contributed by atoms with E-state index in [1.807, 2.05) is 0 Å². The third kappa shape index (κ3) is 3.72. The molecule has 1 aliphatic rings. The molecule has 0 bridgehead atoms. The van der Waals surface area contributed by atoms with Crippen LogP contribution in [0.25, 0.3) is 22.3 Å². The molecular formula is C21H20O11. The fourth-order valence-corrected chi connectivity index (χ4v) is 3.39. The second-order valence-corrected chi connectivity index (χ2v) is 7.28. The summed E-state index contributed by atoms with van der Waals surface area (Å²) >= 11 is 0. The van der Waals surface area contributed by atoms with Crippen molar-refractivity contribution in [1.82, 2.24) is 0 Å². The summed E-state index contributed by atoms with van der Waals surface area (Å²) < 4.78 is 16.3. The molecule has 0 spiro atoms. The molecule has 32 heavy (non-hydrogen) atoms. The number of phenolic OH excluding ortho intramolecular Hbond substituents is 3. The second kappa shape index (κ2) is 8.30. The lowest BCUT2D eigenvalue weighted by atomic mass is 9.99. The zero-order chi connectivity index (χ0) is 23.2. The average Bonchev–Trinajstić information content (AvgIpc) is 2.77. The number of fused-ring (bicyclic) bond motifs is 1. The van der Waals surface area contributed by atoms with Crippen LogP contribution in [0.2, 0.25) is 0 Å². The van der Waals surface area contributed by atoms with Gasteiger partial charge in [-0.25, -0.2) is 0 Å². The highest BCUT2D eigenvalue weighted by molar-refractivity contribution is 5.86. The number of rotatable bonds is 4. The van der Waals surface area contributed by atoms with E-state index < -0.39 is 54.2 Å². The number of hydrogen-bond acceptors (Lipinski definition) is 11. The minimum atomic E-state index is -1.71. The van der Waals surface area contributed by atoms with Crippen molar-refractivity contribution in [3.63, 3.8) is 0 Å². The van der Waals surface area contributed by atoms with Crippen LogP contribution in [-0.2, 0) is 4.74 Å². The highest BCUT2D eigenvalue weighted by Gasteiger charge is 2.45. The van der Waals surface area contributed by atoms with Gasteiger partial charge in [0.2, 0.25) is 12.0 Å². The third-order valence-corrected chi connectivity index (χ3v) is 5.19. The fourth-order valence-electron chi connectivity index (χ4n) is 3.39. The molecule has 7 N–H and O–H groups in total. The SMILES string of the molecule is O=c1cc(-c2ccc(O)c(O)c2)oc2c(O)c(O[C@@H]3O[C@@H](CO)[C@@H](O)[C@@H](O)[C@@H]3O)ccc12. The normalized spacial score (nSPS) is 25.7. The van der Waals surface area contributed by atoms with Crippen LogP contribution in [0.3, 0.4) is 0 Å². The number of aliphatic hydroxyl groups excluding tert-OH is 4. The molecule has 2 heterocycles. The maximum Gasteiger partial charge on any atom is 0.229 e. The summed E-state index contributed by atoms with van der Waals surface area (Å²) in [6.45, 7) is -0.660. The van der Waals surface area contributed by atoms with Crippen molar-refractivity contribution in [3.05, 3.63) is 46.6 Å². The maximum absolute atomic E-state index is 12.5. The number of aromatic hydroxyl groups is 3. The highest BCUT2D eigenvalue weighted by atomic mass is 16.7. The minimum Gasteiger partial charge on any atom is -0.504 e. The Hall–Kier alpha value is -3.35. The van der Waals surface area contributed by atoms with Crippen molar-refractivity contribution in [3.8, 4) is 34.3 Å². The van der Waals surface area contributed by atoms with Crippen molar-refractivity contribution in [2.24, 2.45) is 0 Å². The van der Waals surface area contributed by atoms with Crippen LogP contribution in [0.5, 0.6) is 23.0 Å². The van der Waals surface area contributed by atoms with Crippen LogP contribution < -0.4 is 10.2 Å². The van der Waals surface area contributed by atoms with Gasteiger partial charge in [0.1, 0.15) is 30.2 Å². The van der Waals surface area contributed by atoms with Crippen LogP contribution in [0, 0.1) is 0 Å². The van der Waals surface area contributed by atoms with Crippen LogP contribution in [0.4, 0.5) is 0 Å². The Bertz CT molecular complexity index is 1200. The molecule has 1 saturated heterocycles. The average molecular weight is 448 g/mol. The Morgan fingerprint density at radius 2 is 1.66 bits per heavy atom. The van der Waals surface area contributed by atoms with Gasteiger partial charge in [0.25, 0.3) is 0 Å². The molecule has 11 nitrogen and oxygen atoms in total. The number of benzene rings is 2. The van der Waals surface area contributed by atoms with Crippen LogP contribution in [-0.4, -0.2) is 73.1 Å². The Kier molecular flexibility index (Phi) is 5.67. The molecule has 5 atom stereocenters. The summed E-state index contributed by atoms with van der Waals surface area (Å²) in [5.41, 5.74) is -0.524. The van der Waals surface area contributed by atoms with Gasteiger partial charge in [0.05, 0.1) is 12.0 Å². The lowest BCUT2D eigenvalue weighted by Crippen LogP contribution is -2.60. The first-order chi connectivity index (χ1) is 15.2. The van der Waals surface area contributed by atoms with E-state index in [0.717, 1.165) is 6.07 Å². The number of hydrogen-bond donors (Lipinski definition) is 7. The molecule has 0 aliphatic carbocycles. The van der Waals surface area contributed by atoms with Crippen LogP contribution in [0.1, 0.15) is 0 Å². The van der Waals surface area contributed by atoms with E-state index in [0.29, 0.717) is 0 Å². The molecule has 0 unspecified atom stereocenters. The molecule has 1 fully saturated rings. The van der Waals surface area contributed by atoms with Crippen LogP contribution >= 0.6 is 0 Å². The van der Waals surface area contributed by atoms with E-state index in [4.69, 9.17) is 13.9 Å². The first kappa shape index (κ1) is 21.9. The van der Waals surface area contributed by atoms with Gasteiger partial charge in [-0.05, 0) is 30.3 Å². The summed E-state index contributed by atoms with van der Waals surface area (Å²) in [4.78, 5) is 12.5. The second-order valence-electron chi connectivity index (χ2n) is 7.28. The summed E-state index contributed by atoms with van der Waals surface area (Å²) in [5, 5.41) is 69.0. The predicted octanol–water partition coefficient (Wildman–Crippen LogP) is -0.245. The number of aliphatic hydroxyl groups is 4. The summed E-state index contributed by atoms with van der Waals surface area (Å²) in [7, 11) is 0. The fraction of sp³-hybridized carbons (Fsp3) is 0.286. The van der Waals surface area contributed by atoms with Gasteiger partial charge in [0.15, 0.2) is 28.3 Å². The number of phenols is 3. The summed E-state index contributed by atoms with van der Waals surface area (Å²) in [6, 6.07) is 7.44. The van der Waals surface area contributed by atoms with Crippen molar-refractivity contribution < 1.29 is 49.6 Å². The number of ether oxygens (including phenoxy) is 2. The van der Waals surface area contributed by atoms with E-state index in [9.17, 15) is 40.5 Å². The van der Waals surface area contributed by atoms with Gasteiger partial charge in [-0.2, -0.15) is 0 Å². The Labute approximate surface area is 179 Å². The van der Waals surface area contributed by atoms with E-state index in [1.54, 1.807) is 0 Å². The van der Waals surface area contributed by atoms with Gasteiger partial charge >= 0.3 is 0 Å². The van der Waals surface area contributed by atoms with E-state index in [2.05, 4.69) is 0 Å². The van der Waals surface area contributed by atoms with Gasteiger partial charge < -0.3 is 49.6 Å². The van der Waals surface area contributed by atoms with Crippen LogP contribution in [0.15, 0.2) is 45.6 Å². The third-order valence-electron chi connectivity index (χ3n) is 5.19. The van der Waals surface area contributed by atoms with E-state index in [-0.39, 0.29) is 33.8 Å². The van der Waals surface area contributed by atoms with E-state index in [1.165, 1.54) is 30.3 Å². The molecule has 11 heteroatoms. The maximum atomic E-state index is 12.5. The standard InChI is InChI=1S/C21H20O11/c22-7-15-16(26)18(28)19(29)21(32-15)31-13-4-2-9-11(24)6-14(30-20(9)17(13)27)8-1-3-10(23)12(25)5-8/h1-6,15-16,18-19,21-23,25-29H,7H2/t15-,16+,18+,19-,21+/m0/s1. The minimum absolute atomic E-state index is 0.00963.